The van der Waals surface area contributed by atoms with Crippen LogP contribution in [-0.4, -0.2) is 22.6 Å². The lowest BCUT2D eigenvalue weighted by molar-refractivity contribution is 0.102. The fourth-order valence-corrected chi connectivity index (χ4v) is 2.21. The van der Waals surface area contributed by atoms with Gasteiger partial charge in [0.25, 0.3) is 5.91 Å². The number of rotatable bonds is 3. The van der Waals surface area contributed by atoms with Gasteiger partial charge in [-0.1, -0.05) is 17.9 Å². The minimum atomic E-state index is -0.201. The molecule has 0 aliphatic heterocycles. The zero-order valence-corrected chi connectivity index (χ0v) is 11.8. The van der Waals surface area contributed by atoms with E-state index < -0.39 is 0 Å². The Morgan fingerprint density at radius 3 is 3.05 bits per heavy atom. The number of aliphatic hydroxyl groups excluding tert-OH is 1. The second-order valence-corrected chi connectivity index (χ2v) is 5.06. The molecule has 0 saturated carbocycles. The van der Waals surface area contributed by atoms with Crippen molar-refractivity contribution in [3.8, 4) is 11.8 Å². The third-order valence-corrected chi connectivity index (χ3v) is 3.31. The van der Waals surface area contributed by atoms with Crippen molar-refractivity contribution in [3.05, 3.63) is 45.8 Å². The third kappa shape index (κ3) is 3.92. The number of aromatic nitrogens is 1. The van der Waals surface area contributed by atoms with Crippen LogP contribution >= 0.6 is 11.3 Å². The molecule has 0 spiro atoms. The number of aliphatic hydroxyl groups is 1. The molecule has 0 atom stereocenters. The monoisotopic (exact) mass is 286 g/mol. The normalized spacial score (nSPS) is 9.70. The summed E-state index contributed by atoms with van der Waals surface area (Å²) in [7, 11) is 0. The Kier molecular flexibility index (Phi) is 4.88. The number of carbonyl (C=O) groups is 1. The summed E-state index contributed by atoms with van der Waals surface area (Å²) in [6.45, 7) is 1.99. The highest BCUT2D eigenvalue weighted by Crippen LogP contribution is 2.15. The van der Waals surface area contributed by atoms with Crippen LogP contribution in [0.15, 0.2) is 29.8 Å². The van der Waals surface area contributed by atoms with E-state index in [2.05, 4.69) is 22.1 Å². The van der Waals surface area contributed by atoms with E-state index in [1.165, 1.54) is 11.3 Å². The number of hydrogen-bond acceptors (Lipinski definition) is 4. The van der Waals surface area contributed by atoms with E-state index in [0.29, 0.717) is 17.8 Å². The second-order valence-electron chi connectivity index (χ2n) is 4.15. The SMILES string of the molecule is Cc1ccc(NC(=O)c2csc(C#CCCO)c2)nc1. The Labute approximate surface area is 121 Å². The molecule has 102 valence electrons. The summed E-state index contributed by atoms with van der Waals surface area (Å²) in [5, 5.41) is 13.1. The number of nitrogens with one attached hydrogen (secondary N) is 1. The van der Waals surface area contributed by atoms with Crippen molar-refractivity contribution in [1.82, 2.24) is 4.98 Å². The molecule has 0 aromatic carbocycles. The van der Waals surface area contributed by atoms with Gasteiger partial charge in [0.2, 0.25) is 0 Å². The fraction of sp³-hybridized carbons (Fsp3) is 0.200. The van der Waals surface area contributed by atoms with Gasteiger partial charge in [-0.05, 0) is 24.6 Å². The topological polar surface area (TPSA) is 62.2 Å². The van der Waals surface area contributed by atoms with E-state index in [1.54, 1.807) is 23.7 Å². The van der Waals surface area contributed by atoms with Gasteiger partial charge in [0, 0.05) is 18.0 Å². The van der Waals surface area contributed by atoms with Gasteiger partial charge in [0.15, 0.2) is 0 Å². The third-order valence-electron chi connectivity index (χ3n) is 2.46. The molecule has 0 radical (unpaired) electrons. The quantitative estimate of drug-likeness (QED) is 0.852. The van der Waals surface area contributed by atoms with E-state index in [-0.39, 0.29) is 12.5 Å². The standard InChI is InChI=1S/C15H14N2O2S/c1-11-5-6-14(16-9-11)17-15(19)12-8-13(20-10-12)4-2-3-7-18/h5-6,8-10,18H,3,7H2,1H3,(H,16,17,19). The van der Waals surface area contributed by atoms with Crippen molar-refractivity contribution in [2.75, 3.05) is 11.9 Å². The number of amides is 1. The summed E-state index contributed by atoms with van der Waals surface area (Å²) in [4.78, 5) is 16.9. The maximum Gasteiger partial charge on any atom is 0.257 e. The zero-order chi connectivity index (χ0) is 14.4. The lowest BCUT2D eigenvalue weighted by Gasteiger charge is -2.02. The minimum Gasteiger partial charge on any atom is -0.395 e. The highest BCUT2D eigenvalue weighted by molar-refractivity contribution is 7.10. The average molecular weight is 286 g/mol. The first-order valence-electron chi connectivity index (χ1n) is 6.11. The Hall–Kier alpha value is -2.16. The van der Waals surface area contributed by atoms with E-state index in [0.717, 1.165) is 10.4 Å². The molecule has 5 heteroatoms. The van der Waals surface area contributed by atoms with Crippen molar-refractivity contribution in [1.29, 1.82) is 0 Å². The number of thiophene rings is 1. The summed E-state index contributed by atoms with van der Waals surface area (Å²) in [6.07, 6.45) is 2.14. The molecule has 2 heterocycles. The van der Waals surface area contributed by atoms with Crippen LogP contribution in [0.1, 0.15) is 27.2 Å². The summed E-state index contributed by atoms with van der Waals surface area (Å²) >= 11 is 1.40. The highest BCUT2D eigenvalue weighted by atomic mass is 32.1. The number of anilines is 1. The van der Waals surface area contributed by atoms with Crippen LogP contribution in [0.3, 0.4) is 0 Å². The smallest absolute Gasteiger partial charge is 0.257 e. The Bertz CT molecular complexity index is 651. The molecule has 2 rings (SSSR count). The maximum atomic E-state index is 12.0. The zero-order valence-electron chi connectivity index (χ0n) is 11.0. The molecule has 0 saturated heterocycles. The highest BCUT2D eigenvalue weighted by Gasteiger charge is 2.08. The predicted octanol–water partition coefficient (Wildman–Crippen LogP) is 2.44. The Balaban J connectivity index is 2.03. The van der Waals surface area contributed by atoms with Crippen molar-refractivity contribution in [2.24, 2.45) is 0 Å². The maximum absolute atomic E-state index is 12.0. The lowest BCUT2D eigenvalue weighted by atomic mass is 10.2. The van der Waals surface area contributed by atoms with Crippen LogP contribution in [0.4, 0.5) is 5.82 Å². The largest absolute Gasteiger partial charge is 0.395 e. The van der Waals surface area contributed by atoms with Gasteiger partial charge in [-0.2, -0.15) is 0 Å². The molecule has 2 aromatic rings. The molecule has 0 aliphatic rings. The number of pyridine rings is 1. The molecule has 0 aliphatic carbocycles. The average Bonchev–Trinajstić information content (AvgIpc) is 2.91. The molecule has 2 aromatic heterocycles. The van der Waals surface area contributed by atoms with Gasteiger partial charge >= 0.3 is 0 Å². The predicted molar refractivity (Wildman–Crippen MR) is 79.8 cm³/mol. The van der Waals surface area contributed by atoms with Crippen molar-refractivity contribution in [2.45, 2.75) is 13.3 Å². The fourth-order valence-electron chi connectivity index (χ4n) is 1.46. The molecule has 2 N–H and O–H groups in total. The molecule has 4 nitrogen and oxygen atoms in total. The minimum absolute atomic E-state index is 0.0464. The summed E-state index contributed by atoms with van der Waals surface area (Å²) in [6, 6.07) is 5.39. The van der Waals surface area contributed by atoms with Gasteiger partial charge < -0.3 is 10.4 Å². The van der Waals surface area contributed by atoms with Crippen molar-refractivity contribution in [3.63, 3.8) is 0 Å². The second kappa shape index (κ2) is 6.85. The van der Waals surface area contributed by atoms with Gasteiger partial charge in [0.1, 0.15) is 5.82 Å². The van der Waals surface area contributed by atoms with E-state index in [4.69, 9.17) is 5.11 Å². The molecular weight excluding hydrogens is 272 g/mol. The van der Waals surface area contributed by atoms with Gasteiger partial charge in [0.05, 0.1) is 17.0 Å². The molecule has 0 fully saturated rings. The van der Waals surface area contributed by atoms with Crippen molar-refractivity contribution >= 4 is 23.1 Å². The van der Waals surface area contributed by atoms with Gasteiger partial charge in [-0.25, -0.2) is 4.98 Å². The van der Waals surface area contributed by atoms with E-state index >= 15 is 0 Å². The molecule has 0 unspecified atom stereocenters. The van der Waals surface area contributed by atoms with E-state index in [1.807, 2.05) is 13.0 Å². The summed E-state index contributed by atoms with van der Waals surface area (Å²) in [5.74, 6) is 6.06. The van der Waals surface area contributed by atoms with Crippen LogP contribution in [0.25, 0.3) is 0 Å². The number of nitrogens with zero attached hydrogens (tertiary/aromatic N) is 1. The first-order chi connectivity index (χ1) is 9.69. The number of aryl methyl sites for hydroxylation is 1. The first-order valence-corrected chi connectivity index (χ1v) is 6.99. The van der Waals surface area contributed by atoms with Gasteiger partial charge in [-0.15, -0.1) is 11.3 Å². The number of hydrogen-bond donors (Lipinski definition) is 2. The molecule has 20 heavy (non-hydrogen) atoms. The Morgan fingerprint density at radius 1 is 1.50 bits per heavy atom. The molecular formula is C15H14N2O2S. The first kappa shape index (κ1) is 14.3. The molecule has 1 amide bonds. The van der Waals surface area contributed by atoms with Crippen LogP contribution in [-0.2, 0) is 0 Å². The van der Waals surface area contributed by atoms with E-state index in [9.17, 15) is 4.79 Å². The summed E-state index contributed by atoms with van der Waals surface area (Å²) in [5.41, 5.74) is 1.60. The van der Waals surface area contributed by atoms with Crippen LogP contribution in [0.5, 0.6) is 0 Å². The van der Waals surface area contributed by atoms with Crippen molar-refractivity contribution < 1.29 is 9.90 Å². The lowest BCUT2D eigenvalue weighted by Crippen LogP contribution is -2.11. The Morgan fingerprint density at radius 2 is 2.35 bits per heavy atom. The van der Waals surface area contributed by atoms with Crippen LogP contribution in [0, 0.1) is 18.8 Å². The summed E-state index contributed by atoms with van der Waals surface area (Å²) < 4.78 is 0. The van der Waals surface area contributed by atoms with Crippen LogP contribution < -0.4 is 5.32 Å². The molecule has 0 bridgehead atoms. The van der Waals surface area contributed by atoms with Gasteiger partial charge in [-0.3, -0.25) is 4.79 Å². The van der Waals surface area contributed by atoms with Crippen LogP contribution in [0.2, 0.25) is 0 Å². The number of carbonyl (C=O) groups excluding carboxylic acids is 1.